The van der Waals surface area contributed by atoms with Gasteiger partial charge in [0.05, 0.1) is 7.11 Å². The van der Waals surface area contributed by atoms with E-state index in [1.165, 1.54) is 0 Å². The van der Waals surface area contributed by atoms with Gasteiger partial charge in [-0.05, 0) is 41.8 Å². The SMILES string of the molecule is C#CCOc1ccc(CCN=C(N)C(O)c2ccc(Cl)cc2)cc1OC. The van der Waals surface area contributed by atoms with Gasteiger partial charge in [0.2, 0.25) is 0 Å². The molecule has 2 rings (SSSR count). The number of halogens is 1. The zero-order valence-electron chi connectivity index (χ0n) is 14.5. The molecule has 1 atom stereocenters. The number of ether oxygens (including phenoxy) is 2. The van der Waals surface area contributed by atoms with Crippen molar-refractivity contribution in [2.75, 3.05) is 20.3 Å². The van der Waals surface area contributed by atoms with Crippen LogP contribution in [0, 0.1) is 12.3 Å². The number of nitrogens with zero attached hydrogens (tertiary/aromatic N) is 1. The number of benzene rings is 2. The number of aliphatic hydroxyl groups excluding tert-OH is 1. The van der Waals surface area contributed by atoms with Crippen molar-refractivity contribution in [1.29, 1.82) is 0 Å². The number of aliphatic imine (C=N–C) groups is 1. The molecule has 0 aliphatic rings. The fourth-order valence-corrected chi connectivity index (χ4v) is 2.45. The predicted octanol–water partition coefficient (Wildman–Crippen LogP) is 2.99. The molecule has 5 nitrogen and oxygen atoms in total. The van der Waals surface area contributed by atoms with E-state index in [1.54, 1.807) is 37.4 Å². The van der Waals surface area contributed by atoms with Crippen LogP contribution in [0.25, 0.3) is 0 Å². The van der Waals surface area contributed by atoms with Gasteiger partial charge in [0.25, 0.3) is 0 Å². The van der Waals surface area contributed by atoms with Gasteiger partial charge in [-0.3, -0.25) is 4.99 Å². The lowest BCUT2D eigenvalue weighted by molar-refractivity contribution is 0.245. The van der Waals surface area contributed by atoms with Gasteiger partial charge in [-0.15, -0.1) is 6.42 Å². The van der Waals surface area contributed by atoms with E-state index in [0.29, 0.717) is 35.1 Å². The molecule has 2 aromatic rings. The second-order valence-corrected chi connectivity index (χ2v) is 5.93. The number of hydrogen-bond donors (Lipinski definition) is 2. The van der Waals surface area contributed by atoms with Gasteiger partial charge in [-0.2, -0.15) is 0 Å². The van der Waals surface area contributed by atoms with Crippen LogP contribution in [-0.2, 0) is 6.42 Å². The molecule has 0 aromatic heterocycles. The van der Waals surface area contributed by atoms with E-state index >= 15 is 0 Å². The Balaban J connectivity index is 1.98. The molecular weight excluding hydrogens is 352 g/mol. The summed E-state index contributed by atoms with van der Waals surface area (Å²) >= 11 is 5.84. The molecule has 0 spiro atoms. The molecule has 0 saturated heterocycles. The van der Waals surface area contributed by atoms with E-state index in [4.69, 9.17) is 33.2 Å². The van der Waals surface area contributed by atoms with Gasteiger partial charge in [-0.1, -0.05) is 35.7 Å². The van der Waals surface area contributed by atoms with Crippen molar-refractivity contribution in [1.82, 2.24) is 0 Å². The van der Waals surface area contributed by atoms with Crippen molar-refractivity contribution in [2.24, 2.45) is 10.7 Å². The smallest absolute Gasteiger partial charge is 0.162 e. The maximum absolute atomic E-state index is 10.2. The third-order valence-electron chi connectivity index (χ3n) is 3.70. The van der Waals surface area contributed by atoms with Crippen LogP contribution < -0.4 is 15.2 Å². The molecule has 6 heteroatoms. The van der Waals surface area contributed by atoms with Gasteiger partial charge >= 0.3 is 0 Å². The Hall–Kier alpha value is -2.68. The molecule has 136 valence electrons. The first kappa shape index (κ1) is 19.6. The van der Waals surface area contributed by atoms with Crippen molar-refractivity contribution < 1.29 is 14.6 Å². The van der Waals surface area contributed by atoms with Crippen LogP contribution in [-0.4, -0.2) is 31.2 Å². The third-order valence-corrected chi connectivity index (χ3v) is 3.95. The van der Waals surface area contributed by atoms with Crippen molar-refractivity contribution in [3.63, 3.8) is 0 Å². The summed E-state index contributed by atoms with van der Waals surface area (Å²) in [6.45, 7) is 0.614. The Labute approximate surface area is 158 Å². The van der Waals surface area contributed by atoms with Crippen LogP contribution in [0.4, 0.5) is 0 Å². The topological polar surface area (TPSA) is 77.1 Å². The highest BCUT2D eigenvalue weighted by molar-refractivity contribution is 6.30. The average Bonchev–Trinajstić information content (AvgIpc) is 2.66. The monoisotopic (exact) mass is 372 g/mol. The first-order valence-electron chi connectivity index (χ1n) is 8.01. The third kappa shape index (κ3) is 5.41. The van der Waals surface area contributed by atoms with Gasteiger partial charge in [-0.25, -0.2) is 0 Å². The fourth-order valence-electron chi connectivity index (χ4n) is 2.32. The number of methoxy groups -OCH3 is 1. The van der Waals surface area contributed by atoms with Crippen LogP contribution in [0.5, 0.6) is 11.5 Å². The summed E-state index contributed by atoms with van der Waals surface area (Å²) in [5.74, 6) is 3.78. The zero-order chi connectivity index (χ0) is 18.9. The quantitative estimate of drug-likeness (QED) is 0.424. The Bertz CT molecular complexity index is 798. The lowest BCUT2D eigenvalue weighted by atomic mass is 10.1. The Morgan fingerprint density at radius 2 is 2.00 bits per heavy atom. The number of rotatable bonds is 8. The number of aliphatic hydroxyl groups is 1. The normalized spacial score (nSPS) is 12.3. The Morgan fingerprint density at radius 1 is 1.27 bits per heavy atom. The van der Waals surface area contributed by atoms with E-state index in [0.717, 1.165) is 5.56 Å². The van der Waals surface area contributed by atoms with Gasteiger partial charge in [0.15, 0.2) is 11.5 Å². The molecule has 1 unspecified atom stereocenters. The van der Waals surface area contributed by atoms with Crippen LogP contribution in [0.15, 0.2) is 47.5 Å². The second-order valence-electron chi connectivity index (χ2n) is 5.49. The summed E-state index contributed by atoms with van der Waals surface area (Å²) in [5, 5.41) is 10.8. The summed E-state index contributed by atoms with van der Waals surface area (Å²) in [5.41, 5.74) is 7.54. The van der Waals surface area contributed by atoms with E-state index in [2.05, 4.69) is 10.9 Å². The second kappa shape index (κ2) is 9.71. The van der Waals surface area contributed by atoms with E-state index < -0.39 is 6.10 Å². The maximum Gasteiger partial charge on any atom is 0.162 e. The van der Waals surface area contributed by atoms with Crippen molar-refractivity contribution in [2.45, 2.75) is 12.5 Å². The Kier molecular flexibility index (Phi) is 7.34. The Morgan fingerprint density at radius 3 is 2.65 bits per heavy atom. The number of hydrogen-bond acceptors (Lipinski definition) is 4. The van der Waals surface area contributed by atoms with E-state index in [1.807, 2.05) is 12.1 Å². The minimum absolute atomic E-state index is 0.160. The van der Waals surface area contributed by atoms with Crippen molar-refractivity contribution >= 4 is 17.4 Å². The largest absolute Gasteiger partial charge is 0.493 e. The van der Waals surface area contributed by atoms with Gasteiger partial charge in [0.1, 0.15) is 18.5 Å². The van der Waals surface area contributed by atoms with Crippen LogP contribution in [0.2, 0.25) is 5.02 Å². The molecule has 0 saturated carbocycles. The molecule has 0 amide bonds. The summed E-state index contributed by atoms with van der Waals surface area (Å²) in [6.07, 6.45) is 4.88. The van der Waals surface area contributed by atoms with E-state index in [9.17, 15) is 5.11 Å². The summed E-state index contributed by atoms with van der Waals surface area (Å²) < 4.78 is 10.7. The van der Waals surface area contributed by atoms with Gasteiger partial charge < -0.3 is 20.3 Å². The standard InChI is InChI=1S/C20H21ClN2O3/c1-3-12-26-17-9-4-14(13-18(17)25-2)10-11-23-20(22)19(24)15-5-7-16(21)8-6-15/h1,4-9,13,19,24H,10-12H2,2H3,(H2,22,23). The minimum atomic E-state index is -0.957. The maximum atomic E-state index is 10.2. The molecule has 0 bridgehead atoms. The number of terminal acetylenes is 1. The van der Waals surface area contributed by atoms with E-state index in [-0.39, 0.29) is 12.4 Å². The zero-order valence-corrected chi connectivity index (χ0v) is 15.2. The molecule has 0 aliphatic heterocycles. The number of amidine groups is 1. The number of nitrogens with two attached hydrogens (primary N) is 1. The van der Waals surface area contributed by atoms with Crippen LogP contribution in [0.3, 0.4) is 0 Å². The highest BCUT2D eigenvalue weighted by Crippen LogP contribution is 2.28. The highest BCUT2D eigenvalue weighted by Gasteiger charge is 2.12. The van der Waals surface area contributed by atoms with Crippen LogP contribution in [0.1, 0.15) is 17.2 Å². The van der Waals surface area contributed by atoms with Crippen molar-refractivity contribution in [3.05, 3.63) is 58.6 Å². The van der Waals surface area contributed by atoms with Crippen LogP contribution >= 0.6 is 11.6 Å². The lowest BCUT2D eigenvalue weighted by Crippen LogP contribution is -2.22. The first-order valence-corrected chi connectivity index (χ1v) is 8.39. The fraction of sp³-hybridized carbons (Fsp3) is 0.250. The lowest BCUT2D eigenvalue weighted by Gasteiger charge is -2.12. The first-order chi connectivity index (χ1) is 12.5. The average molecular weight is 373 g/mol. The van der Waals surface area contributed by atoms with Gasteiger partial charge in [0, 0.05) is 11.6 Å². The summed E-state index contributed by atoms with van der Waals surface area (Å²) in [7, 11) is 1.57. The summed E-state index contributed by atoms with van der Waals surface area (Å²) in [4.78, 5) is 4.26. The highest BCUT2D eigenvalue weighted by atomic mass is 35.5. The molecule has 0 radical (unpaired) electrons. The minimum Gasteiger partial charge on any atom is -0.493 e. The predicted molar refractivity (Wildman–Crippen MR) is 104 cm³/mol. The summed E-state index contributed by atoms with van der Waals surface area (Å²) in [6, 6.07) is 12.4. The molecule has 3 N–H and O–H groups in total. The van der Waals surface area contributed by atoms with Crippen molar-refractivity contribution in [3.8, 4) is 23.8 Å². The molecular formula is C20H21ClN2O3. The molecule has 26 heavy (non-hydrogen) atoms. The molecule has 0 heterocycles. The molecule has 2 aromatic carbocycles. The molecule has 0 fully saturated rings. The molecule has 0 aliphatic carbocycles.